The van der Waals surface area contributed by atoms with Crippen LogP contribution < -0.4 is 5.32 Å². The monoisotopic (exact) mass is 329 g/mol. The zero-order valence-corrected chi connectivity index (χ0v) is 13.2. The molecule has 0 saturated carbocycles. The van der Waals surface area contributed by atoms with E-state index in [-0.39, 0.29) is 12.5 Å². The number of carbonyl (C=O) groups is 2. The van der Waals surface area contributed by atoms with Gasteiger partial charge in [-0.05, 0) is 24.1 Å². The molecule has 0 aliphatic carbocycles. The molecule has 2 amide bonds. The number of carbonyl (C=O) groups excluding carboxylic acids is 2. The third-order valence-electron chi connectivity index (χ3n) is 3.83. The zero-order valence-electron chi connectivity index (χ0n) is 13.2. The maximum Gasteiger partial charge on any atom is 0.410 e. The van der Waals surface area contributed by atoms with Crippen molar-refractivity contribution in [2.45, 2.75) is 25.6 Å². The van der Waals surface area contributed by atoms with Gasteiger partial charge in [0.1, 0.15) is 12.6 Å². The molecule has 0 spiro atoms. The Hall–Kier alpha value is -2.90. The van der Waals surface area contributed by atoms with Crippen LogP contribution in [0.2, 0.25) is 0 Å². The zero-order chi connectivity index (χ0) is 16.8. The second kappa shape index (κ2) is 7.58. The van der Waals surface area contributed by atoms with Crippen molar-refractivity contribution >= 4 is 12.0 Å². The predicted molar refractivity (Wildman–Crippen MR) is 84.8 cm³/mol. The van der Waals surface area contributed by atoms with Crippen molar-refractivity contribution in [3.8, 4) is 0 Å². The first kappa shape index (κ1) is 16.0. The molecule has 8 heteroatoms. The van der Waals surface area contributed by atoms with Gasteiger partial charge in [-0.3, -0.25) is 14.7 Å². The SMILES string of the molecule is O=C(NCCCn1ccnc1)[C@@H]1COC(=O)N1Cc1ccncc1. The van der Waals surface area contributed by atoms with Crippen molar-refractivity contribution < 1.29 is 14.3 Å². The fourth-order valence-electron chi connectivity index (χ4n) is 2.54. The van der Waals surface area contributed by atoms with E-state index in [9.17, 15) is 9.59 Å². The molecule has 8 nitrogen and oxygen atoms in total. The summed E-state index contributed by atoms with van der Waals surface area (Å²) in [5.74, 6) is -0.194. The molecule has 0 aromatic carbocycles. The molecular weight excluding hydrogens is 310 g/mol. The summed E-state index contributed by atoms with van der Waals surface area (Å²) in [6.07, 6.45) is 8.96. The third kappa shape index (κ3) is 3.89. The van der Waals surface area contributed by atoms with Gasteiger partial charge in [0.05, 0.1) is 12.9 Å². The summed E-state index contributed by atoms with van der Waals surface area (Å²) in [5.41, 5.74) is 0.904. The molecule has 126 valence electrons. The topological polar surface area (TPSA) is 89.3 Å². The fourth-order valence-corrected chi connectivity index (χ4v) is 2.54. The quantitative estimate of drug-likeness (QED) is 0.759. The van der Waals surface area contributed by atoms with Crippen LogP contribution in [0.25, 0.3) is 0 Å². The number of nitrogens with one attached hydrogen (secondary N) is 1. The summed E-state index contributed by atoms with van der Waals surface area (Å²) in [6.45, 7) is 1.72. The summed E-state index contributed by atoms with van der Waals surface area (Å²) in [6, 6.07) is 3.02. The molecule has 0 unspecified atom stereocenters. The standard InChI is InChI=1S/C16H19N5O3/c22-15(19-4-1-8-20-9-7-18-12-20)14-11-24-16(23)21(14)10-13-2-5-17-6-3-13/h2-3,5-7,9,12,14H,1,4,8,10-11H2,(H,19,22)/t14-/m0/s1. The van der Waals surface area contributed by atoms with Crippen molar-refractivity contribution in [3.05, 3.63) is 48.8 Å². The van der Waals surface area contributed by atoms with Gasteiger partial charge < -0.3 is 14.6 Å². The Morgan fingerprint density at radius 1 is 1.29 bits per heavy atom. The number of hydrogen-bond acceptors (Lipinski definition) is 5. The second-order valence-corrected chi connectivity index (χ2v) is 5.52. The number of nitrogens with zero attached hydrogens (tertiary/aromatic N) is 4. The van der Waals surface area contributed by atoms with E-state index < -0.39 is 12.1 Å². The minimum absolute atomic E-state index is 0.0806. The van der Waals surface area contributed by atoms with E-state index in [2.05, 4.69) is 15.3 Å². The average molecular weight is 329 g/mol. The Balaban J connectivity index is 1.50. The number of imidazole rings is 1. The van der Waals surface area contributed by atoms with E-state index >= 15 is 0 Å². The normalized spacial score (nSPS) is 16.9. The molecule has 1 saturated heterocycles. The number of aromatic nitrogens is 3. The summed E-state index contributed by atoms with van der Waals surface area (Å²) >= 11 is 0. The molecule has 0 radical (unpaired) electrons. The van der Waals surface area contributed by atoms with Gasteiger partial charge in [0.15, 0.2) is 0 Å². The Morgan fingerprint density at radius 2 is 2.12 bits per heavy atom. The minimum Gasteiger partial charge on any atom is -0.447 e. The van der Waals surface area contributed by atoms with E-state index in [0.29, 0.717) is 13.1 Å². The van der Waals surface area contributed by atoms with Crippen LogP contribution in [0.3, 0.4) is 0 Å². The molecule has 2 aromatic rings. The highest BCUT2D eigenvalue weighted by atomic mass is 16.6. The molecule has 1 fully saturated rings. The van der Waals surface area contributed by atoms with Crippen LogP contribution in [0.1, 0.15) is 12.0 Å². The highest BCUT2D eigenvalue weighted by molar-refractivity contribution is 5.87. The number of pyridine rings is 1. The van der Waals surface area contributed by atoms with Crippen molar-refractivity contribution in [3.63, 3.8) is 0 Å². The van der Waals surface area contributed by atoms with Gasteiger partial charge >= 0.3 is 6.09 Å². The van der Waals surface area contributed by atoms with Crippen molar-refractivity contribution in [1.82, 2.24) is 24.8 Å². The van der Waals surface area contributed by atoms with Crippen LogP contribution >= 0.6 is 0 Å². The lowest BCUT2D eigenvalue weighted by Gasteiger charge is -2.20. The average Bonchev–Trinajstić information content (AvgIpc) is 3.23. The van der Waals surface area contributed by atoms with E-state index in [1.165, 1.54) is 4.90 Å². The lowest BCUT2D eigenvalue weighted by atomic mass is 10.2. The van der Waals surface area contributed by atoms with Gasteiger partial charge in [-0.15, -0.1) is 0 Å². The van der Waals surface area contributed by atoms with Crippen LogP contribution in [0.15, 0.2) is 43.2 Å². The highest BCUT2D eigenvalue weighted by Gasteiger charge is 2.37. The van der Waals surface area contributed by atoms with E-state index in [4.69, 9.17) is 4.74 Å². The molecule has 1 aliphatic rings. The third-order valence-corrected chi connectivity index (χ3v) is 3.83. The maximum absolute atomic E-state index is 12.3. The number of cyclic esters (lactones) is 1. The molecule has 1 aliphatic heterocycles. The lowest BCUT2D eigenvalue weighted by Crippen LogP contribution is -2.45. The molecule has 0 bridgehead atoms. The van der Waals surface area contributed by atoms with Crippen LogP contribution in [0.5, 0.6) is 0 Å². The lowest BCUT2D eigenvalue weighted by molar-refractivity contribution is -0.125. The molecule has 1 atom stereocenters. The first-order valence-corrected chi connectivity index (χ1v) is 7.80. The molecule has 2 aromatic heterocycles. The Labute approximate surface area is 139 Å². The van der Waals surface area contributed by atoms with Gasteiger partial charge in [0, 0.05) is 37.9 Å². The molecular formula is C16H19N5O3. The minimum atomic E-state index is -0.598. The predicted octanol–water partition coefficient (Wildman–Crippen LogP) is 0.805. The van der Waals surface area contributed by atoms with Crippen LogP contribution in [0, 0.1) is 0 Å². The van der Waals surface area contributed by atoms with Crippen LogP contribution in [-0.2, 0) is 22.6 Å². The Kier molecular flexibility index (Phi) is 5.05. The van der Waals surface area contributed by atoms with Crippen LogP contribution in [-0.4, -0.2) is 50.6 Å². The maximum atomic E-state index is 12.3. The van der Waals surface area contributed by atoms with E-state index in [0.717, 1.165) is 18.5 Å². The number of aryl methyl sites for hydroxylation is 1. The van der Waals surface area contributed by atoms with Crippen molar-refractivity contribution in [2.75, 3.05) is 13.2 Å². The van der Waals surface area contributed by atoms with Gasteiger partial charge in [-0.2, -0.15) is 0 Å². The Bertz CT molecular complexity index is 674. The summed E-state index contributed by atoms with van der Waals surface area (Å²) in [4.78, 5) is 33.6. The van der Waals surface area contributed by atoms with E-state index in [1.807, 2.05) is 22.9 Å². The largest absolute Gasteiger partial charge is 0.447 e. The Morgan fingerprint density at radius 3 is 2.88 bits per heavy atom. The molecule has 1 N–H and O–H groups in total. The molecule has 3 rings (SSSR count). The first-order valence-electron chi connectivity index (χ1n) is 7.80. The molecule has 24 heavy (non-hydrogen) atoms. The van der Waals surface area contributed by atoms with Gasteiger partial charge in [0.2, 0.25) is 5.91 Å². The molecule has 3 heterocycles. The summed E-state index contributed by atoms with van der Waals surface area (Å²) in [7, 11) is 0. The second-order valence-electron chi connectivity index (χ2n) is 5.52. The summed E-state index contributed by atoms with van der Waals surface area (Å²) < 4.78 is 6.98. The van der Waals surface area contributed by atoms with Gasteiger partial charge in [-0.1, -0.05) is 0 Å². The number of amides is 2. The number of hydrogen-bond donors (Lipinski definition) is 1. The number of rotatable bonds is 7. The fraction of sp³-hybridized carbons (Fsp3) is 0.375. The van der Waals surface area contributed by atoms with Crippen LogP contribution in [0.4, 0.5) is 4.79 Å². The van der Waals surface area contributed by atoms with E-state index in [1.54, 1.807) is 24.9 Å². The van der Waals surface area contributed by atoms with Crippen molar-refractivity contribution in [2.24, 2.45) is 0 Å². The number of ether oxygens (including phenoxy) is 1. The highest BCUT2D eigenvalue weighted by Crippen LogP contribution is 2.16. The van der Waals surface area contributed by atoms with Gasteiger partial charge in [0.25, 0.3) is 0 Å². The smallest absolute Gasteiger partial charge is 0.410 e. The van der Waals surface area contributed by atoms with Gasteiger partial charge in [-0.25, -0.2) is 9.78 Å². The summed E-state index contributed by atoms with van der Waals surface area (Å²) in [5, 5.41) is 2.86. The van der Waals surface area contributed by atoms with Crippen molar-refractivity contribution in [1.29, 1.82) is 0 Å². The first-order chi connectivity index (χ1) is 11.7.